The number of hydrazine groups is 1. The molecule has 3 N–H and O–H groups in total. The Labute approximate surface area is 171 Å². The summed E-state index contributed by atoms with van der Waals surface area (Å²) in [5.74, 6) is 0.477. The predicted octanol–water partition coefficient (Wildman–Crippen LogP) is 1.36. The molecular formula is C20H32BrN5O. The molecule has 0 radical (unpaired) electrons. The van der Waals surface area contributed by atoms with Gasteiger partial charge in [-0.2, -0.15) is 0 Å². The maximum absolute atomic E-state index is 13.0. The molecule has 27 heavy (non-hydrogen) atoms. The molecule has 0 bridgehead atoms. The molecule has 4 unspecified atom stereocenters. The monoisotopic (exact) mass is 437 g/mol. The molecule has 3 rings (SSSR count). The van der Waals surface area contributed by atoms with Gasteiger partial charge < -0.3 is 10.2 Å². The maximum atomic E-state index is 13.0. The van der Waals surface area contributed by atoms with Crippen LogP contribution in [0.3, 0.4) is 0 Å². The third kappa shape index (κ3) is 5.29. The Bertz CT molecular complexity index is 606. The summed E-state index contributed by atoms with van der Waals surface area (Å²) in [6.07, 6.45) is 0. The maximum Gasteiger partial charge on any atom is 0.240 e. The van der Waals surface area contributed by atoms with Crippen molar-refractivity contribution in [2.75, 3.05) is 39.8 Å². The van der Waals surface area contributed by atoms with Crippen LogP contribution in [0, 0.1) is 5.92 Å². The number of rotatable bonds is 6. The Hall–Kier alpha value is -0.990. The van der Waals surface area contributed by atoms with Gasteiger partial charge in [0.25, 0.3) is 0 Å². The molecule has 6 nitrogen and oxygen atoms in total. The van der Waals surface area contributed by atoms with Crippen LogP contribution < -0.4 is 16.2 Å². The summed E-state index contributed by atoms with van der Waals surface area (Å²) in [7, 11) is 2.16. The van der Waals surface area contributed by atoms with Crippen molar-refractivity contribution in [3.05, 3.63) is 35.9 Å². The molecule has 0 saturated carbocycles. The fraction of sp³-hybridized carbons (Fsp3) is 0.650. The zero-order valence-corrected chi connectivity index (χ0v) is 18.1. The lowest BCUT2D eigenvalue weighted by molar-refractivity contribution is -0.123. The number of halogens is 1. The molecule has 4 atom stereocenters. The van der Waals surface area contributed by atoms with Crippen molar-refractivity contribution < 1.29 is 4.79 Å². The summed E-state index contributed by atoms with van der Waals surface area (Å²) >= 11 is 3.72. The molecule has 2 saturated heterocycles. The van der Waals surface area contributed by atoms with Gasteiger partial charge in [0.1, 0.15) is 6.04 Å². The molecule has 2 aliphatic heterocycles. The number of hydrogen-bond acceptors (Lipinski definition) is 5. The average Bonchev–Trinajstić information content (AvgIpc) is 3.05. The van der Waals surface area contributed by atoms with Crippen LogP contribution in [0.2, 0.25) is 0 Å². The lowest BCUT2D eigenvalue weighted by Crippen LogP contribution is -2.51. The van der Waals surface area contributed by atoms with E-state index in [9.17, 15) is 4.79 Å². The highest BCUT2D eigenvalue weighted by Crippen LogP contribution is 2.23. The number of carbonyl (C=O) groups is 1. The number of carbonyl (C=O) groups excluding carboxylic acids is 1. The van der Waals surface area contributed by atoms with Crippen molar-refractivity contribution in [1.29, 1.82) is 0 Å². The predicted molar refractivity (Wildman–Crippen MR) is 113 cm³/mol. The summed E-state index contributed by atoms with van der Waals surface area (Å²) < 4.78 is 0. The van der Waals surface area contributed by atoms with Gasteiger partial charge in [-0.1, -0.05) is 60.1 Å². The van der Waals surface area contributed by atoms with E-state index in [0.717, 1.165) is 38.3 Å². The first-order valence-corrected chi connectivity index (χ1v) is 10.8. The second-order valence-electron chi connectivity index (χ2n) is 8.06. The molecule has 0 spiro atoms. The van der Waals surface area contributed by atoms with E-state index in [0.29, 0.717) is 5.92 Å². The minimum Gasteiger partial charge on any atom is -0.347 e. The SMILES string of the molecule is CC(C)C1NNC(C(=O)NC(CN2CCN(C)CC2)c2ccccc2)C1Br. The summed E-state index contributed by atoms with van der Waals surface area (Å²) in [6.45, 7) is 9.38. The van der Waals surface area contributed by atoms with Gasteiger partial charge in [-0.05, 0) is 18.5 Å². The molecule has 7 heteroatoms. The molecule has 2 fully saturated rings. The van der Waals surface area contributed by atoms with Crippen LogP contribution in [0.1, 0.15) is 25.5 Å². The van der Waals surface area contributed by atoms with Crippen LogP contribution in [-0.4, -0.2) is 72.4 Å². The largest absolute Gasteiger partial charge is 0.347 e. The first kappa shape index (κ1) is 20.7. The van der Waals surface area contributed by atoms with E-state index in [1.165, 1.54) is 0 Å². The van der Waals surface area contributed by atoms with Crippen LogP contribution in [0.15, 0.2) is 30.3 Å². The lowest BCUT2D eigenvalue weighted by Gasteiger charge is -2.35. The molecular weight excluding hydrogens is 406 g/mol. The molecule has 1 aromatic carbocycles. The quantitative estimate of drug-likeness (QED) is 0.586. The average molecular weight is 438 g/mol. The number of nitrogens with zero attached hydrogens (tertiary/aromatic N) is 2. The van der Waals surface area contributed by atoms with E-state index in [2.05, 4.69) is 74.9 Å². The molecule has 2 heterocycles. The van der Waals surface area contributed by atoms with Crippen molar-refractivity contribution in [2.45, 2.75) is 36.8 Å². The highest BCUT2D eigenvalue weighted by Gasteiger charge is 2.40. The van der Waals surface area contributed by atoms with Crippen molar-refractivity contribution in [2.24, 2.45) is 5.92 Å². The van der Waals surface area contributed by atoms with Crippen molar-refractivity contribution in [3.63, 3.8) is 0 Å². The summed E-state index contributed by atoms with van der Waals surface area (Å²) in [4.78, 5) is 17.9. The van der Waals surface area contributed by atoms with Gasteiger partial charge in [-0.15, -0.1) is 0 Å². The van der Waals surface area contributed by atoms with Gasteiger partial charge in [-0.3, -0.25) is 15.1 Å². The molecule has 2 aliphatic rings. The number of hydrogen-bond donors (Lipinski definition) is 3. The molecule has 150 valence electrons. The summed E-state index contributed by atoms with van der Waals surface area (Å²) in [6, 6.07) is 10.2. The number of nitrogens with one attached hydrogen (secondary N) is 3. The van der Waals surface area contributed by atoms with Gasteiger partial charge in [0.2, 0.25) is 5.91 Å². The lowest BCUT2D eigenvalue weighted by atomic mass is 9.98. The Kier molecular flexibility index (Phi) is 7.28. The van der Waals surface area contributed by atoms with E-state index < -0.39 is 0 Å². The molecule has 1 aromatic rings. The highest BCUT2D eigenvalue weighted by molar-refractivity contribution is 9.09. The second-order valence-corrected chi connectivity index (χ2v) is 9.11. The number of piperazine rings is 1. The first-order chi connectivity index (χ1) is 13.0. The third-order valence-electron chi connectivity index (χ3n) is 5.62. The number of likely N-dealkylation sites (N-methyl/N-ethyl adjacent to an activating group) is 1. The Balaban J connectivity index is 1.67. The van der Waals surface area contributed by atoms with Gasteiger partial charge in [0.15, 0.2) is 0 Å². The normalized spacial score (nSPS) is 28.4. The minimum absolute atomic E-state index is 0.0123. The Morgan fingerprint density at radius 1 is 1.19 bits per heavy atom. The molecule has 0 aromatic heterocycles. The van der Waals surface area contributed by atoms with Crippen molar-refractivity contribution >= 4 is 21.8 Å². The number of benzene rings is 1. The zero-order valence-electron chi connectivity index (χ0n) is 16.5. The van der Waals surface area contributed by atoms with Gasteiger partial charge in [0.05, 0.1) is 10.9 Å². The highest BCUT2D eigenvalue weighted by atomic mass is 79.9. The van der Waals surface area contributed by atoms with E-state index in [1.807, 2.05) is 18.2 Å². The third-order valence-corrected chi connectivity index (χ3v) is 6.72. The number of amides is 1. The minimum atomic E-state index is -0.281. The van der Waals surface area contributed by atoms with Crippen LogP contribution in [-0.2, 0) is 4.79 Å². The fourth-order valence-electron chi connectivity index (χ4n) is 3.77. The van der Waals surface area contributed by atoms with E-state index >= 15 is 0 Å². The van der Waals surface area contributed by atoms with Crippen molar-refractivity contribution in [3.8, 4) is 0 Å². The van der Waals surface area contributed by atoms with Crippen LogP contribution in [0.25, 0.3) is 0 Å². The zero-order chi connectivity index (χ0) is 19.4. The number of alkyl halides is 1. The van der Waals surface area contributed by atoms with Crippen LogP contribution in [0.4, 0.5) is 0 Å². The Morgan fingerprint density at radius 3 is 2.44 bits per heavy atom. The topological polar surface area (TPSA) is 59.6 Å². The van der Waals surface area contributed by atoms with Crippen molar-refractivity contribution in [1.82, 2.24) is 26.0 Å². The fourth-order valence-corrected chi connectivity index (χ4v) is 4.88. The van der Waals surface area contributed by atoms with Gasteiger partial charge in [-0.25, -0.2) is 5.43 Å². The summed E-state index contributed by atoms with van der Waals surface area (Å²) in [5.41, 5.74) is 7.59. The second kappa shape index (κ2) is 9.47. The first-order valence-electron chi connectivity index (χ1n) is 9.87. The van der Waals surface area contributed by atoms with Crippen LogP contribution >= 0.6 is 15.9 Å². The van der Waals surface area contributed by atoms with E-state index in [-0.39, 0.29) is 28.9 Å². The molecule has 0 aliphatic carbocycles. The van der Waals surface area contributed by atoms with E-state index in [4.69, 9.17) is 0 Å². The smallest absolute Gasteiger partial charge is 0.240 e. The van der Waals surface area contributed by atoms with Crippen LogP contribution in [0.5, 0.6) is 0 Å². The molecule has 1 amide bonds. The standard InChI is InChI=1S/C20H32BrN5O/c1-14(2)18-17(21)19(24-23-18)20(27)22-16(15-7-5-4-6-8-15)13-26-11-9-25(3)10-12-26/h4-8,14,16-19,23-24H,9-13H2,1-3H3,(H,22,27). The van der Waals surface area contributed by atoms with Gasteiger partial charge in [0, 0.05) is 38.8 Å². The van der Waals surface area contributed by atoms with E-state index in [1.54, 1.807) is 0 Å². The Morgan fingerprint density at radius 2 is 1.85 bits per heavy atom. The van der Waals surface area contributed by atoms with Gasteiger partial charge >= 0.3 is 0 Å². The summed E-state index contributed by atoms with van der Waals surface area (Å²) in [5, 5.41) is 3.30.